The molecule has 3 aromatic heterocycles. The second kappa shape index (κ2) is 7.10. The predicted molar refractivity (Wildman–Crippen MR) is 91.6 cm³/mol. The topological polar surface area (TPSA) is 187 Å². The van der Waals surface area contributed by atoms with Gasteiger partial charge in [0.15, 0.2) is 17.7 Å². The van der Waals surface area contributed by atoms with E-state index in [2.05, 4.69) is 25.3 Å². The number of nitrogen functional groups attached to an aromatic ring is 1. The zero-order chi connectivity index (χ0) is 19.8. The Bertz CT molecular complexity index is 1000. The highest BCUT2D eigenvalue weighted by molar-refractivity contribution is 5.81. The molecule has 1 fully saturated rings. The molecular weight excluding hydrogens is 372 g/mol. The maximum Gasteiger partial charge on any atom is 0.303 e. The molecule has 0 saturated carbocycles. The average molecular weight is 390 g/mol. The average Bonchev–Trinajstić information content (AvgIpc) is 3.35. The third-order valence-electron chi connectivity index (χ3n) is 4.55. The minimum Gasteiger partial charge on any atom is -0.481 e. The number of nitrogens with two attached hydrogens (primary N) is 1. The van der Waals surface area contributed by atoms with E-state index in [9.17, 15) is 15.0 Å². The monoisotopic (exact) mass is 390 g/mol. The summed E-state index contributed by atoms with van der Waals surface area (Å²) in [4.78, 5) is 22.8. The minimum atomic E-state index is -1.23. The van der Waals surface area contributed by atoms with E-state index in [1.807, 2.05) is 0 Å². The van der Waals surface area contributed by atoms with E-state index in [-0.39, 0.29) is 25.2 Å². The second-order valence-corrected chi connectivity index (χ2v) is 6.45. The Balaban J connectivity index is 1.50. The van der Waals surface area contributed by atoms with Crippen molar-refractivity contribution in [2.75, 3.05) is 5.73 Å². The largest absolute Gasteiger partial charge is 0.481 e. The number of imidazole rings is 1. The molecule has 0 radical (unpaired) electrons. The van der Waals surface area contributed by atoms with Crippen LogP contribution in [0.3, 0.4) is 0 Å². The summed E-state index contributed by atoms with van der Waals surface area (Å²) in [6.07, 6.45) is 0.357. The van der Waals surface area contributed by atoms with Crippen molar-refractivity contribution in [2.45, 2.75) is 43.9 Å². The summed E-state index contributed by atoms with van der Waals surface area (Å²) in [5, 5.41) is 37.4. The molecule has 4 heterocycles. The smallest absolute Gasteiger partial charge is 0.303 e. The van der Waals surface area contributed by atoms with Gasteiger partial charge in [0.25, 0.3) is 0 Å². The van der Waals surface area contributed by atoms with Crippen LogP contribution >= 0.6 is 0 Å². The predicted octanol–water partition coefficient (Wildman–Crippen LogP) is -1.66. The normalized spacial score (nSPS) is 24.8. The van der Waals surface area contributed by atoms with Crippen molar-refractivity contribution in [3.05, 3.63) is 24.5 Å². The molecule has 148 valence electrons. The number of rotatable bonds is 6. The van der Waals surface area contributed by atoms with Gasteiger partial charge in [-0.2, -0.15) is 0 Å². The lowest BCUT2D eigenvalue weighted by molar-refractivity contribution is -0.136. The molecular formula is C15H18N8O5. The van der Waals surface area contributed by atoms with Crippen LogP contribution in [0.5, 0.6) is 0 Å². The summed E-state index contributed by atoms with van der Waals surface area (Å²) >= 11 is 0. The highest BCUT2D eigenvalue weighted by Gasteiger charge is 2.44. The van der Waals surface area contributed by atoms with Crippen molar-refractivity contribution in [1.82, 2.24) is 34.5 Å². The van der Waals surface area contributed by atoms with Crippen LogP contribution in [0.2, 0.25) is 0 Å². The number of nitrogens with zero attached hydrogens (tertiary/aromatic N) is 7. The summed E-state index contributed by atoms with van der Waals surface area (Å²) in [5.41, 5.74) is 7.03. The molecule has 13 heteroatoms. The number of carboxylic acids is 1. The van der Waals surface area contributed by atoms with Crippen LogP contribution in [0.15, 0.2) is 18.9 Å². The molecule has 0 unspecified atom stereocenters. The van der Waals surface area contributed by atoms with Crippen molar-refractivity contribution in [1.29, 1.82) is 0 Å². The number of anilines is 1. The van der Waals surface area contributed by atoms with Crippen LogP contribution in [-0.4, -0.2) is 74.1 Å². The molecule has 5 N–H and O–H groups in total. The van der Waals surface area contributed by atoms with Crippen LogP contribution in [-0.2, 0) is 22.5 Å². The number of fused-ring (bicyclic) bond motifs is 1. The number of aliphatic hydroxyl groups excluding tert-OH is 2. The first-order chi connectivity index (χ1) is 13.4. The van der Waals surface area contributed by atoms with Gasteiger partial charge in [-0.1, -0.05) is 5.21 Å². The molecule has 0 aromatic carbocycles. The lowest BCUT2D eigenvalue weighted by atomic mass is 10.1. The van der Waals surface area contributed by atoms with Gasteiger partial charge in [-0.3, -0.25) is 9.36 Å². The fourth-order valence-electron chi connectivity index (χ4n) is 3.13. The van der Waals surface area contributed by atoms with Gasteiger partial charge in [0.2, 0.25) is 0 Å². The first-order valence-electron chi connectivity index (χ1n) is 8.49. The number of hydrogen-bond donors (Lipinski definition) is 4. The lowest BCUT2D eigenvalue weighted by Gasteiger charge is -2.16. The van der Waals surface area contributed by atoms with Crippen LogP contribution < -0.4 is 5.73 Å². The molecule has 0 bridgehead atoms. The van der Waals surface area contributed by atoms with Gasteiger partial charge in [-0.05, 0) is 0 Å². The Morgan fingerprint density at radius 2 is 2.07 bits per heavy atom. The fourth-order valence-corrected chi connectivity index (χ4v) is 3.13. The summed E-state index contributed by atoms with van der Waals surface area (Å²) in [6, 6.07) is 0. The van der Waals surface area contributed by atoms with Crippen molar-refractivity contribution in [3.63, 3.8) is 0 Å². The quantitative estimate of drug-likeness (QED) is 0.377. The number of aryl methyl sites for hydroxylation is 1. The van der Waals surface area contributed by atoms with E-state index < -0.39 is 30.5 Å². The molecule has 1 aliphatic rings. The highest BCUT2D eigenvalue weighted by Crippen LogP contribution is 2.32. The maximum atomic E-state index is 10.6. The Labute approximate surface area is 157 Å². The van der Waals surface area contributed by atoms with E-state index in [0.717, 1.165) is 0 Å². The maximum absolute atomic E-state index is 10.6. The summed E-state index contributed by atoms with van der Waals surface area (Å²) < 4.78 is 8.75. The number of carbonyl (C=O) groups is 1. The molecule has 28 heavy (non-hydrogen) atoms. The van der Waals surface area contributed by atoms with Crippen molar-refractivity contribution in [3.8, 4) is 0 Å². The zero-order valence-corrected chi connectivity index (χ0v) is 14.5. The first kappa shape index (κ1) is 18.2. The van der Waals surface area contributed by atoms with Crippen LogP contribution in [0.1, 0.15) is 18.3 Å². The van der Waals surface area contributed by atoms with Gasteiger partial charge >= 0.3 is 5.97 Å². The third-order valence-corrected chi connectivity index (χ3v) is 4.55. The molecule has 4 atom stereocenters. The molecule has 0 aliphatic carbocycles. The number of hydrogen-bond acceptors (Lipinski definition) is 10. The van der Waals surface area contributed by atoms with E-state index in [1.54, 1.807) is 6.20 Å². The molecule has 0 amide bonds. The number of aliphatic carboxylic acids is 1. The molecule has 3 aromatic rings. The van der Waals surface area contributed by atoms with Gasteiger partial charge in [-0.25, -0.2) is 19.6 Å². The van der Waals surface area contributed by atoms with Gasteiger partial charge in [-0.15, -0.1) is 5.10 Å². The summed E-state index contributed by atoms with van der Waals surface area (Å²) in [6.45, 7) is 0.124. The Hall–Kier alpha value is -3.16. The Kier molecular flexibility index (Phi) is 4.62. The Morgan fingerprint density at radius 1 is 1.25 bits per heavy atom. The van der Waals surface area contributed by atoms with Crippen LogP contribution in [0, 0.1) is 0 Å². The van der Waals surface area contributed by atoms with Crippen molar-refractivity contribution >= 4 is 23.0 Å². The standard InChI is InChI=1S/C15H18N8O5/c16-13-10-14(18-5-17-13)23(6-19-10)15-12(27)11(26)8(28-15)4-22-3-7(20-21-22)1-2-9(24)25/h3,5-6,8,11-12,15,26-27H,1-2,4H2,(H,24,25)(H2,16,17,18)/t8-,11-,12-,15-/m1/s1. The SMILES string of the molecule is Nc1ncnc2c1ncn2[C@@H]1O[C@H](Cn2cc(CCC(=O)O)nn2)[C@@H](O)[C@H]1O. The number of aliphatic hydroxyl groups is 2. The van der Waals surface area contributed by atoms with E-state index >= 15 is 0 Å². The van der Waals surface area contributed by atoms with Crippen LogP contribution in [0.4, 0.5) is 5.82 Å². The highest BCUT2D eigenvalue weighted by atomic mass is 16.6. The number of carboxylic acid groups (broad SMARTS) is 1. The van der Waals surface area contributed by atoms with E-state index in [4.69, 9.17) is 15.6 Å². The molecule has 1 aliphatic heterocycles. The fraction of sp³-hybridized carbons (Fsp3) is 0.467. The van der Waals surface area contributed by atoms with Gasteiger partial charge in [0, 0.05) is 12.6 Å². The van der Waals surface area contributed by atoms with E-state index in [1.165, 1.54) is 21.9 Å². The number of ether oxygens (including phenoxy) is 1. The zero-order valence-electron chi connectivity index (χ0n) is 14.5. The summed E-state index contributed by atoms with van der Waals surface area (Å²) in [5.74, 6) is -0.725. The third kappa shape index (κ3) is 3.26. The lowest BCUT2D eigenvalue weighted by Crippen LogP contribution is -2.33. The molecule has 4 rings (SSSR count). The second-order valence-electron chi connectivity index (χ2n) is 6.45. The van der Waals surface area contributed by atoms with Crippen molar-refractivity contribution in [2.24, 2.45) is 0 Å². The van der Waals surface area contributed by atoms with E-state index in [0.29, 0.717) is 16.9 Å². The van der Waals surface area contributed by atoms with Gasteiger partial charge in [0.1, 0.15) is 30.2 Å². The van der Waals surface area contributed by atoms with Gasteiger partial charge in [0.05, 0.1) is 25.0 Å². The molecule has 1 saturated heterocycles. The molecule has 0 spiro atoms. The van der Waals surface area contributed by atoms with Crippen molar-refractivity contribution < 1.29 is 24.9 Å². The van der Waals surface area contributed by atoms with Crippen LogP contribution in [0.25, 0.3) is 11.2 Å². The summed E-state index contributed by atoms with van der Waals surface area (Å²) in [7, 11) is 0. The molecule has 13 nitrogen and oxygen atoms in total. The Morgan fingerprint density at radius 3 is 2.86 bits per heavy atom. The number of aromatic nitrogens is 7. The van der Waals surface area contributed by atoms with Gasteiger partial charge < -0.3 is 25.8 Å². The first-order valence-corrected chi connectivity index (χ1v) is 8.49. The minimum absolute atomic E-state index is 0.0548.